The van der Waals surface area contributed by atoms with E-state index in [0.29, 0.717) is 0 Å². The van der Waals surface area contributed by atoms with Gasteiger partial charge in [0, 0.05) is 48.7 Å². The fourth-order valence-corrected chi connectivity index (χ4v) is 3.97. The molecule has 1 aromatic heterocycles. The summed E-state index contributed by atoms with van der Waals surface area (Å²) in [4.78, 5) is 0. The fraction of sp³-hybridized carbons (Fsp3) is 0.348. The molecule has 1 aromatic carbocycles. The van der Waals surface area contributed by atoms with Crippen molar-refractivity contribution in [2.24, 2.45) is 12.5 Å². The summed E-state index contributed by atoms with van der Waals surface area (Å²) in [6.07, 6.45) is 9.18. The summed E-state index contributed by atoms with van der Waals surface area (Å²) < 4.78 is 4.96. The van der Waals surface area contributed by atoms with Gasteiger partial charge in [-0.1, -0.05) is 54.3 Å². The third-order valence-corrected chi connectivity index (χ3v) is 5.91. The number of hydrogen-bond acceptors (Lipinski definition) is 4. The molecule has 0 saturated carbocycles. The third-order valence-electron chi connectivity index (χ3n) is 5.68. The van der Waals surface area contributed by atoms with Crippen LogP contribution in [0.2, 0.25) is 0 Å². The Labute approximate surface area is 174 Å². The van der Waals surface area contributed by atoms with Crippen molar-refractivity contribution in [1.29, 1.82) is 0 Å². The van der Waals surface area contributed by atoms with Crippen LogP contribution in [0.5, 0.6) is 0 Å². The summed E-state index contributed by atoms with van der Waals surface area (Å²) in [6, 6.07) is 10.6. The first-order chi connectivity index (χ1) is 13.4. The van der Waals surface area contributed by atoms with E-state index in [9.17, 15) is 0 Å². The first-order valence-electron chi connectivity index (χ1n) is 9.69. The summed E-state index contributed by atoms with van der Waals surface area (Å²) in [5.74, 6) is 0. The van der Waals surface area contributed by atoms with Gasteiger partial charge in [-0.15, -0.1) is 0 Å². The summed E-state index contributed by atoms with van der Waals surface area (Å²) in [5.41, 5.74) is 7.18. The second-order valence-corrected chi connectivity index (χ2v) is 7.98. The number of anilines is 1. The lowest BCUT2D eigenvalue weighted by Gasteiger charge is -2.39. The molecule has 0 bridgehead atoms. The summed E-state index contributed by atoms with van der Waals surface area (Å²) in [7, 11) is 2.00. The van der Waals surface area contributed by atoms with E-state index >= 15 is 0 Å². The molecule has 3 rings (SSSR count). The van der Waals surface area contributed by atoms with Gasteiger partial charge in [0.25, 0.3) is 0 Å². The number of thiol groups is 1. The highest BCUT2D eigenvalue weighted by atomic mass is 32.1. The number of aromatic nitrogens is 2. The minimum absolute atomic E-state index is 0.100. The molecule has 4 nitrogen and oxygen atoms in total. The maximum atomic E-state index is 4.38. The Morgan fingerprint density at radius 2 is 2.04 bits per heavy atom. The minimum Gasteiger partial charge on any atom is -0.356 e. The van der Waals surface area contributed by atoms with Crippen molar-refractivity contribution < 1.29 is 0 Å². The Kier molecular flexibility index (Phi) is 6.47. The van der Waals surface area contributed by atoms with Crippen LogP contribution in [0.25, 0.3) is 0 Å². The van der Waals surface area contributed by atoms with Gasteiger partial charge >= 0.3 is 0 Å². The average Bonchev–Trinajstić information content (AvgIpc) is 3.07. The maximum absolute atomic E-state index is 4.38. The Morgan fingerprint density at radius 3 is 2.64 bits per heavy atom. The van der Waals surface area contributed by atoms with E-state index in [4.69, 9.17) is 0 Å². The van der Waals surface area contributed by atoms with Gasteiger partial charge < -0.3 is 5.32 Å². The number of benzene rings is 1. The van der Waals surface area contributed by atoms with Crippen molar-refractivity contribution in [1.82, 2.24) is 14.5 Å². The molecule has 1 unspecified atom stereocenters. The standard InChI is InChI=1S/C23H30N4S/c1-17(2)23(16-22-11-13-24-27(22)4)12-9-21(15-19(23)10-14-25-28)26-20-7-5-18(3)6-8-20/h5-9,11,13,15,25-26,28H,1,10,12,14,16H2,2-4H3. The van der Waals surface area contributed by atoms with E-state index in [-0.39, 0.29) is 5.41 Å². The van der Waals surface area contributed by atoms with E-state index in [0.717, 1.165) is 37.2 Å². The normalized spacial score (nSPS) is 19.1. The van der Waals surface area contributed by atoms with Crippen LogP contribution in [0.4, 0.5) is 5.69 Å². The van der Waals surface area contributed by atoms with Crippen molar-refractivity contribution >= 4 is 18.5 Å². The van der Waals surface area contributed by atoms with Crippen molar-refractivity contribution in [3.63, 3.8) is 0 Å². The predicted molar refractivity (Wildman–Crippen MR) is 121 cm³/mol. The minimum atomic E-state index is -0.100. The lowest BCUT2D eigenvalue weighted by atomic mass is 9.66. The Hall–Kier alpha value is -2.24. The molecular formula is C23H30N4S. The molecule has 148 valence electrons. The number of nitrogens with zero attached hydrogens (tertiary/aromatic N) is 2. The SMILES string of the molecule is C=C(C)C1(Cc2ccnn2C)CC=C(Nc2ccc(C)cc2)C=C1CCNS. The van der Waals surface area contributed by atoms with Crippen LogP contribution in [-0.4, -0.2) is 16.3 Å². The fourth-order valence-electron chi connectivity index (χ4n) is 3.86. The van der Waals surface area contributed by atoms with Gasteiger partial charge in [-0.2, -0.15) is 5.10 Å². The van der Waals surface area contributed by atoms with E-state index < -0.39 is 0 Å². The number of hydrogen-bond donors (Lipinski definition) is 3. The number of nitrogens with one attached hydrogen (secondary N) is 2. The monoisotopic (exact) mass is 394 g/mol. The Balaban J connectivity index is 1.91. The van der Waals surface area contributed by atoms with E-state index in [2.05, 4.69) is 90.9 Å². The number of rotatable bonds is 8. The summed E-state index contributed by atoms with van der Waals surface area (Å²) >= 11 is 4.20. The van der Waals surface area contributed by atoms with Crippen LogP contribution >= 0.6 is 12.8 Å². The number of allylic oxidation sites excluding steroid dienone is 3. The second kappa shape index (κ2) is 8.84. The molecule has 0 amide bonds. The van der Waals surface area contributed by atoms with Crippen LogP contribution in [0.3, 0.4) is 0 Å². The van der Waals surface area contributed by atoms with Crippen LogP contribution in [0, 0.1) is 12.3 Å². The molecule has 1 atom stereocenters. The average molecular weight is 395 g/mol. The molecule has 1 aliphatic carbocycles. The molecule has 0 spiro atoms. The zero-order valence-electron chi connectivity index (χ0n) is 17.0. The van der Waals surface area contributed by atoms with E-state index in [1.807, 2.05) is 17.9 Å². The maximum Gasteiger partial charge on any atom is 0.0492 e. The molecule has 0 aliphatic heterocycles. The molecule has 1 heterocycles. The van der Waals surface area contributed by atoms with Crippen molar-refractivity contribution in [2.45, 2.75) is 33.1 Å². The van der Waals surface area contributed by atoms with Crippen molar-refractivity contribution in [3.05, 3.63) is 83.4 Å². The highest BCUT2D eigenvalue weighted by Gasteiger charge is 2.37. The zero-order chi connectivity index (χ0) is 20.1. The number of aryl methyl sites for hydroxylation is 2. The third kappa shape index (κ3) is 4.42. The Bertz CT molecular complexity index is 892. The molecule has 0 radical (unpaired) electrons. The largest absolute Gasteiger partial charge is 0.356 e. The molecule has 28 heavy (non-hydrogen) atoms. The van der Waals surface area contributed by atoms with Crippen molar-refractivity contribution in [3.8, 4) is 0 Å². The molecule has 2 N–H and O–H groups in total. The molecule has 2 aromatic rings. The highest BCUT2D eigenvalue weighted by molar-refractivity contribution is 7.78. The molecule has 1 aliphatic rings. The zero-order valence-corrected chi connectivity index (χ0v) is 17.9. The summed E-state index contributed by atoms with van der Waals surface area (Å²) in [5, 5.41) is 7.91. The van der Waals surface area contributed by atoms with E-state index in [1.165, 1.54) is 22.4 Å². The van der Waals surface area contributed by atoms with Gasteiger partial charge in [-0.05, 0) is 51.0 Å². The van der Waals surface area contributed by atoms with Gasteiger partial charge in [0.05, 0.1) is 0 Å². The second-order valence-electron chi connectivity index (χ2n) is 7.67. The first-order valence-corrected chi connectivity index (χ1v) is 10.1. The first kappa shape index (κ1) is 20.5. The van der Waals surface area contributed by atoms with E-state index in [1.54, 1.807) is 0 Å². The van der Waals surface area contributed by atoms with Crippen LogP contribution < -0.4 is 10.0 Å². The van der Waals surface area contributed by atoms with Gasteiger partial charge in [0.15, 0.2) is 0 Å². The molecule has 5 heteroatoms. The predicted octanol–water partition coefficient (Wildman–Crippen LogP) is 4.98. The molecule has 0 fully saturated rings. The van der Waals surface area contributed by atoms with Gasteiger partial charge in [-0.25, -0.2) is 0 Å². The summed E-state index contributed by atoms with van der Waals surface area (Å²) in [6.45, 7) is 9.44. The highest BCUT2D eigenvalue weighted by Crippen LogP contribution is 2.46. The topological polar surface area (TPSA) is 41.9 Å². The van der Waals surface area contributed by atoms with Gasteiger partial charge in [-0.3, -0.25) is 9.40 Å². The molecular weight excluding hydrogens is 364 g/mol. The lowest BCUT2D eigenvalue weighted by Crippen LogP contribution is -2.32. The van der Waals surface area contributed by atoms with Crippen LogP contribution in [0.1, 0.15) is 31.0 Å². The lowest BCUT2D eigenvalue weighted by molar-refractivity contribution is 0.399. The smallest absolute Gasteiger partial charge is 0.0492 e. The molecule has 0 saturated heterocycles. The van der Waals surface area contributed by atoms with Gasteiger partial charge in [0.2, 0.25) is 0 Å². The van der Waals surface area contributed by atoms with Crippen molar-refractivity contribution in [2.75, 3.05) is 11.9 Å². The van der Waals surface area contributed by atoms with Crippen LogP contribution in [0.15, 0.2) is 72.1 Å². The quantitative estimate of drug-likeness (QED) is 0.437. The van der Waals surface area contributed by atoms with Crippen LogP contribution in [-0.2, 0) is 13.5 Å². The Morgan fingerprint density at radius 1 is 1.29 bits per heavy atom. The van der Waals surface area contributed by atoms with Gasteiger partial charge in [0.1, 0.15) is 0 Å².